The SMILES string of the molecule is Cc1cc(F)c(F)c(OC(=O)c2ccc([N+](C)(C)C)nc2)c1F.O=C(Oc1c(F)c(F)cc(F)c1F)c1cnc(Cl)c([N+](=O)[O-])c1.[O-][Cl+3]([O-])([O-])[O-]. The van der Waals surface area contributed by atoms with Crippen LogP contribution >= 0.6 is 11.6 Å². The molecule has 274 valence electrons. The summed E-state index contributed by atoms with van der Waals surface area (Å²) in [6.45, 7) is 1.24. The molecular formula is C28H19Cl2F7N4O10. The Morgan fingerprint density at radius 3 is 1.61 bits per heavy atom. The molecule has 51 heavy (non-hydrogen) atoms. The molecule has 0 N–H and O–H groups in total. The van der Waals surface area contributed by atoms with Gasteiger partial charge in [-0.25, -0.2) is 55.8 Å². The zero-order valence-electron chi connectivity index (χ0n) is 25.8. The van der Waals surface area contributed by atoms with Crippen molar-refractivity contribution in [2.75, 3.05) is 21.1 Å². The van der Waals surface area contributed by atoms with Crippen molar-refractivity contribution < 1.29 is 83.6 Å². The molecule has 2 heterocycles. The van der Waals surface area contributed by atoms with E-state index in [4.69, 9.17) is 30.2 Å². The van der Waals surface area contributed by atoms with Crippen LogP contribution in [0.15, 0.2) is 42.7 Å². The number of carbonyl (C=O) groups excluding carboxylic acids is 2. The smallest absolute Gasteiger partial charge is 0.345 e. The first-order chi connectivity index (χ1) is 23.3. The molecule has 2 aromatic carbocycles. The van der Waals surface area contributed by atoms with E-state index in [1.165, 1.54) is 19.2 Å². The number of esters is 2. The van der Waals surface area contributed by atoms with Crippen LogP contribution in [0.4, 0.5) is 42.2 Å². The summed E-state index contributed by atoms with van der Waals surface area (Å²) in [5, 5.41) is 10.1. The number of quaternary nitrogens is 1. The van der Waals surface area contributed by atoms with E-state index in [0.29, 0.717) is 22.4 Å². The zero-order valence-corrected chi connectivity index (χ0v) is 27.3. The number of hydrogen-bond donors (Lipinski definition) is 0. The van der Waals surface area contributed by atoms with Gasteiger partial charge in [0.25, 0.3) is 0 Å². The lowest BCUT2D eigenvalue weighted by molar-refractivity contribution is -2.00. The van der Waals surface area contributed by atoms with Crippen LogP contribution in [0, 0.1) is 68.0 Å². The van der Waals surface area contributed by atoms with Gasteiger partial charge in [0.1, 0.15) is 0 Å². The van der Waals surface area contributed by atoms with E-state index in [0.717, 1.165) is 6.20 Å². The molecule has 4 aromatic rings. The van der Waals surface area contributed by atoms with Crippen molar-refractivity contribution >= 4 is 35.0 Å². The quantitative estimate of drug-likeness (QED) is 0.0402. The van der Waals surface area contributed by atoms with Gasteiger partial charge in [-0.05, 0) is 24.6 Å². The highest BCUT2D eigenvalue weighted by Crippen LogP contribution is 2.29. The van der Waals surface area contributed by atoms with E-state index >= 15 is 0 Å². The third kappa shape index (κ3) is 11.8. The van der Waals surface area contributed by atoms with Crippen molar-refractivity contribution in [1.82, 2.24) is 14.5 Å². The molecule has 0 bridgehead atoms. The molecule has 0 aliphatic rings. The maximum Gasteiger partial charge on any atom is 0.345 e. The third-order valence-electron chi connectivity index (χ3n) is 5.68. The van der Waals surface area contributed by atoms with E-state index < -0.39 is 95.7 Å². The number of aryl methyl sites for hydroxylation is 1. The van der Waals surface area contributed by atoms with Gasteiger partial charge in [0.05, 0.1) is 37.2 Å². The fraction of sp³-hybridized carbons (Fsp3) is 0.143. The second kappa shape index (κ2) is 16.8. The largest absolute Gasteiger partial charge is 0.416 e. The Morgan fingerprint density at radius 1 is 0.745 bits per heavy atom. The molecule has 0 aliphatic carbocycles. The summed E-state index contributed by atoms with van der Waals surface area (Å²) in [6.07, 6.45) is 1.96. The minimum atomic E-state index is -4.94. The molecule has 14 nitrogen and oxygen atoms in total. The summed E-state index contributed by atoms with van der Waals surface area (Å²) < 4.78 is 137. The second-order valence-corrected chi connectivity index (χ2v) is 11.4. The summed E-state index contributed by atoms with van der Waals surface area (Å²) in [6, 6.07) is 4.27. The van der Waals surface area contributed by atoms with Gasteiger partial charge in [-0.15, -0.1) is 10.2 Å². The van der Waals surface area contributed by atoms with Crippen molar-refractivity contribution in [3.63, 3.8) is 0 Å². The van der Waals surface area contributed by atoms with Gasteiger partial charge in [-0.3, -0.25) is 14.6 Å². The standard InChI is InChI=1S/C16H16F3N2O2.C12H3ClF4N2O4.ClHO4/c1-9-7-11(17)14(19)15(13(9)18)23-16(22)10-5-6-12(20-8-10)21(2,3)4;13-11-7(19(21)22)1-4(3-18-11)12(20)23-10-8(16)5(14)2-6(15)9(10)17;2-1(3,4)5/h5-8H,1-4H3;1-3H;(H,2,3,4,5)/q+1;;/p-1. The summed E-state index contributed by atoms with van der Waals surface area (Å²) in [5.41, 5.74) is -1.54. The highest BCUT2D eigenvalue weighted by molar-refractivity contribution is 6.31. The van der Waals surface area contributed by atoms with Crippen LogP contribution < -0.4 is 32.6 Å². The Hall–Kier alpha value is -5.03. The van der Waals surface area contributed by atoms with E-state index in [9.17, 15) is 50.4 Å². The molecule has 0 unspecified atom stereocenters. The van der Waals surface area contributed by atoms with Crippen molar-refractivity contribution in [2.24, 2.45) is 0 Å². The highest BCUT2D eigenvalue weighted by Gasteiger charge is 2.26. The molecule has 0 radical (unpaired) electrons. The number of halogens is 9. The summed E-state index contributed by atoms with van der Waals surface area (Å²) in [4.78, 5) is 40.8. The molecule has 0 saturated carbocycles. The number of pyridine rings is 2. The van der Waals surface area contributed by atoms with Crippen molar-refractivity contribution in [2.45, 2.75) is 6.92 Å². The fourth-order valence-corrected chi connectivity index (χ4v) is 3.49. The predicted octanol–water partition coefficient (Wildman–Crippen LogP) is 1.89. The van der Waals surface area contributed by atoms with Crippen LogP contribution in [0.5, 0.6) is 11.5 Å². The molecule has 2 aromatic heterocycles. The van der Waals surface area contributed by atoms with Gasteiger partial charge in [0.15, 0.2) is 23.3 Å². The van der Waals surface area contributed by atoms with Gasteiger partial charge >= 0.3 is 17.6 Å². The number of rotatable bonds is 6. The first-order valence-corrected chi connectivity index (χ1v) is 14.6. The average molecular weight is 775 g/mol. The monoisotopic (exact) mass is 774 g/mol. The first kappa shape index (κ1) is 42.1. The topological polar surface area (TPSA) is 214 Å². The van der Waals surface area contributed by atoms with Crippen molar-refractivity contribution in [3.8, 4) is 11.5 Å². The molecule has 0 saturated heterocycles. The molecule has 4 rings (SSSR count). The van der Waals surface area contributed by atoms with Crippen LogP contribution in [-0.4, -0.2) is 48.0 Å². The van der Waals surface area contributed by atoms with Gasteiger partial charge < -0.3 is 9.47 Å². The summed E-state index contributed by atoms with van der Waals surface area (Å²) in [5.74, 6) is -15.9. The fourth-order valence-electron chi connectivity index (χ4n) is 3.31. The van der Waals surface area contributed by atoms with Crippen LogP contribution in [0.1, 0.15) is 26.3 Å². The van der Waals surface area contributed by atoms with Crippen LogP contribution in [0.25, 0.3) is 0 Å². The molecule has 0 fully saturated rings. The first-order valence-electron chi connectivity index (χ1n) is 12.9. The molecule has 23 heteroatoms. The van der Waals surface area contributed by atoms with Crippen LogP contribution in [-0.2, 0) is 0 Å². The predicted molar refractivity (Wildman–Crippen MR) is 147 cm³/mol. The molecule has 0 amide bonds. The molecule has 0 spiro atoms. The number of aromatic nitrogens is 2. The maximum atomic E-state index is 13.8. The molecule has 0 atom stereocenters. The number of carbonyl (C=O) groups is 2. The lowest BCUT2D eigenvalue weighted by Crippen LogP contribution is -2.68. The van der Waals surface area contributed by atoms with Gasteiger partial charge in [-0.1, -0.05) is 11.6 Å². The summed E-state index contributed by atoms with van der Waals surface area (Å²) in [7, 11) is 0.724. The van der Waals surface area contributed by atoms with Crippen molar-refractivity contribution in [3.05, 3.63) is 115 Å². The Labute approximate surface area is 288 Å². The maximum absolute atomic E-state index is 13.8. The number of hydrogen-bond acceptors (Lipinski definition) is 12. The highest BCUT2D eigenvalue weighted by atomic mass is 35.7. The second-order valence-electron chi connectivity index (χ2n) is 10.3. The average Bonchev–Trinajstić information content (AvgIpc) is 3.02. The summed E-state index contributed by atoms with van der Waals surface area (Å²) >= 11 is 5.42. The molecule has 0 aliphatic heterocycles. The number of ether oxygens (including phenoxy) is 2. The third-order valence-corrected chi connectivity index (χ3v) is 5.97. The Bertz CT molecular complexity index is 1900. The molecular weight excluding hydrogens is 756 g/mol. The lowest BCUT2D eigenvalue weighted by Gasteiger charge is -2.21. The van der Waals surface area contributed by atoms with Gasteiger partial charge in [-0.2, -0.15) is 13.2 Å². The number of benzene rings is 2. The minimum Gasteiger partial charge on any atom is -0.416 e. The van der Waals surface area contributed by atoms with Crippen LogP contribution in [0.3, 0.4) is 0 Å². The Morgan fingerprint density at radius 2 is 1.18 bits per heavy atom. The normalized spacial score (nSPS) is 11.1. The zero-order chi connectivity index (χ0) is 39.2. The van der Waals surface area contributed by atoms with Crippen LogP contribution in [0.2, 0.25) is 5.15 Å². The minimum absolute atomic E-state index is 0.00270. The Kier molecular flexibility index (Phi) is 13.9. The van der Waals surface area contributed by atoms with Gasteiger partial charge in [0.2, 0.25) is 39.9 Å². The van der Waals surface area contributed by atoms with E-state index in [1.54, 1.807) is 6.07 Å². The van der Waals surface area contributed by atoms with E-state index in [2.05, 4.69) is 19.4 Å². The van der Waals surface area contributed by atoms with Gasteiger partial charge in [0, 0.05) is 30.6 Å². The Balaban J connectivity index is 0.000000312. The lowest BCUT2D eigenvalue weighted by atomic mass is 10.2. The number of nitro groups is 1. The van der Waals surface area contributed by atoms with E-state index in [-0.39, 0.29) is 17.2 Å². The van der Waals surface area contributed by atoms with E-state index in [1.807, 2.05) is 21.1 Å². The van der Waals surface area contributed by atoms with Crippen molar-refractivity contribution in [1.29, 1.82) is 0 Å². The number of nitrogens with zero attached hydrogens (tertiary/aromatic N) is 4.